The van der Waals surface area contributed by atoms with E-state index in [0.29, 0.717) is 12.6 Å². The van der Waals surface area contributed by atoms with E-state index in [9.17, 15) is 9.90 Å². The molecule has 0 aliphatic heterocycles. The van der Waals surface area contributed by atoms with Gasteiger partial charge in [0.25, 0.3) is 0 Å². The van der Waals surface area contributed by atoms with Crippen LogP contribution < -0.4 is 5.32 Å². The smallest absolute Gasteiger partial charge is 0.317 e. The van der Waals surface area contributed by atoms with Crippen molar-refractivity contribution in [1.82, 2.24) is 10.2 Å². The van der Waals surface area contributed by atoms with Gasteiger partial charge in [0.15, 0.2) is 0 Å². The largest absolute Gasteiger partial charge is 0.389 e. The summed E-state index contributed by atoms with van der Waals surface area (Å²) in [6, 6.07) is 0.616. The molecule has 2 aliphatic carbocycles. The summed E-state index contributed by atoms with van der Waals surface area (Å²) >= 11 is 0. The van der Waals surface area contributed by atoms with Crippen molar-refractivity contribution in [2.75, 3.05) is 6.54 Å². The number of nitrogens with one attached hydrogen (secondary N) is 1. The molecule has 0 saturated heterocycles. The Morgan fingerprint density at radius 1 is 1.39 bits per heavy atom. The highest BCUT2D eigenvalue weighted by Gasteiger charge is 2.42. The first-order valence-corrected chi connectivity index (χ1v) is 6.98. The summed E-state index contributed by atoms with van der Waals surface area (Å²) in [5.74, 6) is 0. The van der Waals surface area contributed by atoms with Gasteiger partial charge in [-0.05, 0) is 44.9 Å². The number of amides is 2. The standard InChI is InChI=1S/C14H26N2O2/c1-13(2)8-7-11(13)15-12(17)16(10-5-6-10)9-14(3,4)18/h10-11,18H,5-9H2,1-4H3,(H,15,17). The lowest BCUT2D eigenvalue weighted by atomic mass is 9.67. The normalized spacial score (nSPS) is 26.4. The number of hydrogen-bond donors (Lipinski definition) is 2. The van der Waals surface area contributed by atoms with Crippen molar-refractivity contribution >= 4 is 6.03 Å². The number of nitrogens with zero attached hydrogens (tertiary/aromatic N) is 1. The minimum Gasteiger partial charge on any atom is -0.389 e. The molecule has 4 heteroatoms. The predicted molar refractivity (Wildman–Crippen MR) is 71.4 cm³/mol. The second kappa shape index (κ2) is 4.41. The van der Waals surface area contributed by atoms with E-state index in [1.54, 1.807) is 13.8 Å². The lowest BCUT2D eigenvalue weighted by Crippen LogP contribution is -2.57. The summed E-state index contributed by atoms with van der Waals surface area (Å²) in [6.07, 6.45) is 4.38. The van der Waals surface area contributed by atoms with E-state index in [-0.39, 0.29) is 17.5 Å². The fourth-order valence-electron chi connectivity index (χ4n) is 2.54. The average Bonchev–Trinajstić information content (AvgIpc) is 3.03. The molecule has 2 amide bonds. The second-order valence-corrected chi connectivity index (χ2v) is 7.20. The van der Waals surface area contributed by atoms with Gasteiger partial charge in [-0.1, -0.05) is 13.8 Å². The molecular formula is C14H26N2O2. The Balaban J connectivity index is 1.92. The summed E-state index contributed by atoms with van der Waals surface area (Å²) in [7, 11) is 0. The molecule has 104 valence electrons. The quantitative estimate of drug-likeness (QED) is 0.807. The first kappa shape index (κ1) is 13.7. The van der Waals surface area contributed by atoms with E-state index in [2.05, 4.69) is 19.2 Å². The Hall–Kier alpha value is -0.770. The Morgan fingerprint density at radius 2 is 2.00 bits per heavy atom. The molecule has 1 atom stereocenters. The van der Waals surface area contributed by atoms with Crippen LogP contribution in [0.2, 0.25) is 0 Å². The maximum Gasteiger partial charge on any atom is 0.317 e. The van der Waals surface area contributed by atoms with Crippen molar-refractivity contribution in [1.29, 1.82) is 0 Å². The monoisotopic (exact) mass is 254 g/mol. The summed E-state index contributed by atoms with van der Waals surface area (Å²) in [6.45, 7) is 8.31. The molecule has 0 aromatic heterocycles. The average molecular weight is 254 g/mol. The number of urea groups is 1. The van der Waals surface area contributed by atoms with Crippen LogP contribution in [0, 0.1) is 5.41 Å². The third-order valence-corrected chi connectivity index (χ3v) is 4.12. The highest BCUT2D eigenvalue weighted by Crippen LogP contribution is 2.40. The number of hydrogen-bond acceptors (Lipinski definition) is 2. The molecule has 1 unspecified atom stereocenters. The lowest BCUT2D eigenvalue weighted by Gasteiger charge is -2.45. The third kappa shape index (κ3) is 3.16. The number of carbonyl (C=O) groups is 1. The van der Waals surface area contributed by atoms with Gasteiger partial charge >= 0.3 is 6.03 Å². The van der Waals surface area contributed by atoms with Crippen LogP contribution in [0.4, 0.5) is 4.79 Å². The van der Waals surface area contributed by atoms with Crippen LogP contribution in [0.25, 0.3) is 0 Å². The Morgan fingerprint density at radius 3 is 2.33 bits per heavy atom. The summed E-state index contributed by atoms with van der Waals surface area (Å²) in [5.41, 5.74) is -0.603. The van der Waals surface area contributed by atoms with Crippen LogP contribution in [0.15, 0.2) is 0 Å². The number of carbonyl (C=O) groups excluding carboxylic acids is 1. The van der Waals surface area contributed by atoms with Gasteiger partial charge in [-0.15, -0.1) is 0 Å². The second-order valence-electron chi connectivity index (χ2n) is 7.20. The zero-order chi connectivity index (χ0) is 13.6. The molecule has 2 N–H and O–H groups in total. The van der Waals surface area contributed by atoms with Crippen molar-refractivity contribution in [2.24, 2.45) is 5.41 Å². The molecule has 0 bridgehead atoms. The van der Waals surface area contributed by atoms with Gasteiger partial charge in [-0.2, -0.15) is 0 Å². The van der Waals surface area contributed by atoms with Gasteiger partial charge in [-0.25, -0.2) is 4.79 Å². The Kier molecular flexibility index (Phi) is 3.34. The Labute approximate surface area is 110 Å². The van der Waals surface area contributed by atoms with Gasteiger partial charge in [0.1, 0.15) is 0 Å². The van der Waals surface area contributed by atoms with Gasteiger partial charge in [0, 0.05) is 12.1 Å². The highest BCUT2D eigenvalue weighted by molar-refractivity contribution is 5.75. The molecule has 0 radical (unpaired) electrons. The van der Waals surface area contributed by atoms with Gasteiger partial charge in [0.05, 0.1) is 12.1 Å². The molecule has 0 aromatic rings. The van der Waals surface area contributed by atoms with Crippen LogP contribution in [-0.2, 0) is 0 Å². The fourth-order valence-corrected chi connectivity index (χ4v) is 2.54. The van der Waals surface area contributed by atoms with Crippen molar-refractivity contribution in [3.05, 3.63) is 0 Å². The maximum absolute atomic E-state index is 12.3. The minimum atomic E-state index is -0.824. The molecule has 18 heavy (non-hydrogen) atoms. The van der Waals surface area contributed by atoms with E-state index in [1.165, 1.54) is 6.42 Å². The molecule has 0 aromatic carbocycles. The van der Waals surface area contributed by atoms with Crippen molar-refractivity contribution in [3.63, 3.8) is 0 Å². The van der Waals surface area contributed by atoms with E-state index < -0.39 is 5.60 Å². The van der Waals surface area contributed by atoms with Gasteiger partial charge in [0.2, 0.25) is 0 Å². The molecule has 0 spiro atoms. The number of aliphatic hydroxyl groups is 1. The van der Waals surface area contributed by atoms with Crippen LogP contribution >= 0.6 is 0 Å². The van der Waals surface area contributed by atoms with Gasteiger partial charge < -0.3 is 15.3 Å². The molecule has 2 saturated carbocycles. The van der Waals surface area contributed by atoms with Crippen LogP contribution in [-0.4, -0.2) is 40.3 Å². The van der Waals surface area contributed by atoms with Crippen LogP contribution in [0.3, 0.4) is 0 Å². The van der Waals surface area contributed by atoms with Crippen molar-refractivity contribution in [2.45, 2.75) is 71.1 Å². The fraction of sp³-hybridized carbons (Fsp3) is 0.929. The van der Waals surface area contributed by atoms with E-state index in [1.807, 2.05) is 4.90 Å². The van der Waals surface area contributed by atoms with Crippen molar-refractivity contribution < 1.29 is 9.90 Å². The lowest BCUT2D eigenvalue weighted by molar-refractivity contribution is 0.0397. The number of rotatable bonds is 4. The van der Waals surface area contributed by atoms with Crippen LogP contribution in [0.1, 0.15) is 53.4 Å². The third-order valence-electron chi connectivity index (χ3n) is 4.12. The molecular weight excluding hydrogens is 228 g/mol. The summed E-state index contributed by atoms with van der Waals surface area (Å²) in [4.78, 5) is 14.1. The van der Waals surface area contributed by atoms with Crippen LogP contribution in [0.5, 0.6) is 0 Å². The first-order valence-electron chi connectivity index (χ1n) is 6.98. The zero-order valence-corrected chi connectivity index (χ0v) is 12.0. The molecule has 2 fully saturated rings. The molecule has 0 heterocycles. The molecule has 2 rings (SSSR count). The topological polar surface area (TPSA) is 52.6 Å². The summed E-state index contributed by atoms with van der Waals surface area (Å²) in [5, 5.41) is 13.0. The predicted octanol–water partition coefficient (Wildman–Crippen LogP) is 2.12. The Bertz CT molecular complexity index is 329. The maximum atomic E-state index is 12.3. The highest BCUT2D eigenvalue weighted by atomic mass is 16.3. The minimum absolute atomic E-state index is 0.00241. The summed E-state index contributed by atoms with van der Waals surface area (Å²) < 4.78 is 0. The first-order chi connectivity index (χ1) is 8.19. The SMILES string of the molecule is CC(C)(O)CN(C(=O)NC1CCC1(C)C)C1CC1. The van der Waals surface area contributed by atoms with Crippen molar-refractivity contribution in [3.8, 4) is 0 Å². The molecule has 2 aliphatic rings. The van der Waals surface area contributed by atoms with E-state index >= 15 is 0 Å². The van der Waals surface area contributed by atoms with Gasteiger partial charge in [-0.3, -0.25) is 0 Å². The van der Waals surface area contributed by atoms with E-state index in [4.69, 9.17) is 0 Å². The molecule has 4 nitrogen and oxygen atoms in total. The van der Waals surface area contributed by atoms with E-state index in [0.717, 1.165) is 19.3 Å². The zero-order valence-electron chi connectivity index (χ0n) is 12.0.